The van der Waals surface area contributed by atoms with E-state index in [-0.39, 0.29) is 17.1 Å². The van der Waals surface area contributed by atoms with Crippen LogP contribution in [-0.2, 0) is 6.54 Å². The summed E-state index contributed by atoms with van der Waals surface area (Å²) in [4.78, 5) is 30.6. The first-order chi connectivity index (χ1) is 12.7. The number of benzene rings is 2. The van der Waals surface area contributed by atoms with Crippen molar-refractivity contribution in [3.63, 3.8) is 0 Å². The molecule has 2 aromatic heterocycles. The molecule has 0 saturated heterocycles. The molecule has 0 fully saturated rings. The van der Waals surface area contributed by atoms with E-state index in [4.69, 9.17) is 0 Å². The van der Waals surface area contributed by atoms with Crippen molar-refractivity contribution >= 4 is 50.6 Å². The van der Waals surface area contributed by atoms with Crippen LogP contribution in [0.1, 0.15) is 16.6 Å². The number of rotatable bonds is 5. The zero-order valence-electron chi connectivity index (χ0n) is 14.1. The van der Waals surface area contributed by atoms with Crippen molar-refractivity contribution in [3.8, 4) is 0 Å². The monoisotopic (exact) mass is 380 g/mol. The maximum absolute atomic E-state index is 12.9. The molecule has 0 saturated carbocycles. The lowest BCUT2D eigenvalue weighted by atomic mass is 10.1. The van der Waals surface area contributed by atoms with Gasteiger partial charge >= 0.3 is 0 Å². The van der Waals surface area contributed by atoms with E-state index in [1.54, 1.807) is 4.57 Å². The molecule has 0 aliphatic rings. The zero-order chi connectivity index (χ0) is 18.1. The van der Waals surface area contributed by atoms with Gasteiger partial charge in [0.1, 0.15) is 0 Å². The van der Waals surface area contributed by atoms with Gasteiger partial charge in [-0.25, -0.2) is 4.98 Å². The standard InChI is InChI=1S/C20H16N2O2S2/c1-2-22-19(24)15-10-13-6-3-4-7-14(13)11-16(15)21-20(22)26-12-17(23)18-8-5-9-25-18/h3-11H,2,12H2,1H3. The third kappa shape index (κ3) is 3.06. The molecular weight excluding hydrogens is 364 g/mol. The fraction of sp³-hybridized carbons (Fsp3) is 0.150. The van der Waals surface area contributed by atoms with Gasteiger partial charge in [0, 0.05) is 6.54 Å². The van der Waals surface area contributed by atoms with Gasteiger partial charge in [-0.3, -0.25) is 14.2 Å². The van der Waals surface area contributed by atoms with Gasteiger partial charge in [0.25, 0.3) is 5.56 Å². The summed E-state index contributed by atoms with van der Waals surface area (Å²) < 4.78 is 1.64. The smallest absolute Gasteiger partial charge is 0.262 e. The van der Waals surface area contributed by atoms with Crippen LogP contribution in [0, 0.1) is 0 Å². The molecule has 0 unspecified atom stereocenters. The topological polar surface area (TPSA) is 52.0 Å². The molecule has 0 radical (unpaired) electrons. The summed E-state index contributed by atoms with van der Waals surface area (Å²) in [5.74, 6) is 0.326. The van der Waals surface area contributed by atoms with E-state index < -0.39 is 0 Å². The lowest BCUT2D eigenvalue weighted by Gasteiger charge is -2.11. The number of carbonyl (C=O) groups excluding carboxylic acids is 1. The molecule has 0 atom stereocenters. The summed E-state index contributed by atoms with van der Waals surface area (Å²) in [6, 6.07) is 15.5. The Morgan fingerprint density at radius 2 is 1.92 bits per heavy atom. The van der Waals surface area contributed by atoms with Crippen LogP contribution in [-0.4, -0.2) is 21.1 Å². The highest BCUT2D eigenvalue weighted by Gasteiger charge is 2.14. The van der Waals surface area contributed by atoms with Gasteiger partial charge < -0.3 is 0 Å². The van der Waals surface area contributed by atoms with E-state index >= 15 is 0 Å². The van der Waals surface area contributed by atoms with Crippen molar-refractivity contribution in [3.05, 3.63) is 69.1 Å². The predicted octanol–water partition coefficient (Wildman–Crippen LogP) is 4.61. The summed E-state index contributed by atoms with van der Waals surface area (Å²) in [6.07, 6.45) is 0. The van der Waals surface area contributed by atoms with Gasteiger partial charge in [-0.15, -0.1) is 11.3 Å². The van der Waals surface area contributed by atoms with Gasteiger partial charge in [0.05, 0.1) is 21.5 Å². The first-order valence-electron chi connectivity index (χ1n) is 8.30. The van der Waals surface area contributed by atoms with E-state index in [0.717, 1.165) is 15.6 Å². The summed E-state index contributed by atoms with van der Waals surface area (Å²) in [5.41, 5.74) is 0.610. The van der Waals surface area contributed by atoms with E-state index in [1.807, 2.05) is 60.8 Å². The molecule has 2 heterocycles. The SMILES string of the molecule is CCn1c(SCC(=O)c2cccs2)nc2cc3ccccc3cc2c1=O. The van der Waals surface area contributed by atoms with Crippen molar-refractivity contribution < 1.29 is 4.79 Å². The van der Waals surface area contributed by atoms with Gasteiger partial charge in [-0.1, -0.05) is 42.1 Å². The molecule has 0 spiro atoms. The molecule has 4 aromatic rings. The van der Waals surface area contributed by atoms with E-state index in [2.05, 4.69) is 4.98 Å². The molecule has 0 N–H and O–H groups in total. The number of hydrogen-bond acceptors (Lipinski definition) is 5. The van der Waals surface area contributed by atoms with Crippen molar-refractivity contribution in [2.75, 3.05) is 5.75 Å². The summed E-state index contributed by atoms with van der Waals surface area (Å²) >= 11 is 2.75. The number of fused-ring (bicyclic) bond motifs is 2. The molecule has 0 aliphatic heterocycles. The molecule has 0 aliphatic carbocycles. The van der Waals surface area contributed by atoms with Crippen LogP contribution in [0.5, 0.6) is 0 Å². The lowest BCUT2D eigenvalue weighted by Crippen LogP contribution is -2.23. The highest BCUT2D eigenvalue weighted by atomic mass is 32.2. The Morgan fingerprint density at radius 3 is 2.62 bits per heavy atom. The molecule has 4 rings (SSSR count). The minimum atomic E-state index is -0.0608. The Kier molecular flexibility index (Phi) is 4.61. The minimum Gasteiger partial charge on any atom is -0.292 e. The lowest BCUT2D eigenvalue weighted by molar-refractivity contribution is 0.102. The third-order valence-corrected chi connectivity index (χ3v) is 6.12. The highest BCUT2D eigenvalue weighted by Crippen LogP contribution is 2.23. The van der Waals surface area contributed by atoms with E-state index in [9.17, 15) is 9.59 Å². The Hall–Kier alpha value is -2.44. The molecule has 0 amide bonds. The average Bonchev–Trinajstić information content (AvgIpc) is 3.20. The van der Waals surface area contributed by atoms with Gasteiger partial charge in [-0.2, -0.15) is 0 Å². The number of thiophene rings is 1. The molecule has 130 valence electrons. The number of aromatic nitrogens is 2. The number of nitrogens with zero attached hydrogens (tertiary/aromatic N) is 2. The predicted molar refractivity (Wildman–Crippen MR) is 109 cm³/mol. The Bertz CT molecular complexity index is 1160. The van der Waals surface area contributed by atoms with Crippen LogP contribution in [0.15, 0.2) is 63.9 Å². The first-order valence-corrected chi connectivity index (χ1v) is 10.2. The summed E-state index contributed by atoms with van der Waals surface area (Å²) in [6.45, 7) is 2.44. The number of carbonyl (C=O) groups is 1. The third-order valence-electron chi connectivity index (χ3n) is 4.23. The molecule has 4 nitrogen and oxygen atoms in total. The molecule has 6 heteroatoms. The van der Waals surface area contributed by atoms with Crippen LogP contribution >= 0.6 is 23.1 Å². The number of thioether (sulfide) groups is 1. The Morgan fingerprint density at radius 1 is 1.15 bits per heavy atom. The maximum atomic E-state index is 12.9. The van der Waals surface area contributed by atoms with Gasteiger partial charge in [0.15, 0.2) is 10.9 Å². The Balaban J connectivity index is 1.77. The van der Waals surface area contributed by atoms with Crippen LogP contribution in [0.25, 0.3) is 21.7 Å². The minimum absolute atomic E-state index is 0.0560. The number of hydrogen-bond donors (Lipinski definition) is 0. The van der Waals surface area contributed by atoms with Gasteiger partial charge in [0.2, 0.25) is 0 Å². The van der Waals surface area contributed by atoms with Crippen molar-refractivity contribution in [1.29, 1.82) is 0 Å². The second-order valence-electron chi connectivity index (χ2n) is 5.85. The summed E-state index contributed by atoms with van der Waals surface area (Å²) in [7, 11) is 0. The maximum Gasteiger partial charge on any atom is 0.262 e. The largest absolute Gasteiger partial charge is 0.292 e. The van der Waals surface area contributed by atoms with E-state index in [1.165, 1.54) is 23.1 Å². The van der Waals surface area contributed by atoms with Crippen molar-refractivity contribution in [1.82, 2.24) is 9.55 Å². The van der Waals surface area contributed by atoms with Crippen molar-refractivity contribution in [2.45, 2.75) is 18.6 Å². The fourth-order valence-corrected chi connectivity index (χ4v) is 4.62. The second-order valence-corrected chi connectivity index (χ2v) is 7.74. The molecule has 2 aromatic carbocycles. The highest BCUT2D eigenvalue weighted by molar-refractivity contribution is 7.99. The number of Topliss-reactive ketones (excluding diaryl/α,β-unsaturated/α-hetero) is 1. The van der Waals surface area contributed by atoms with E-state index in [0.29, 0.717) is 22.6 Å². The fourth-order valence-electron chi connectivity index (χ4n) is 2.92. The van der Waals surface area contributed by atoms with Crippen LogP contribution < -0.4 is 5.56 Å². The molecule has 0 bridgehead atoms. The average molecular weight is 380 g/mol. The van der Waals surface area contributed by atoms with Crippen molar-refractivity contribution in [2.24, 2.45) is 0 Å². The van der Waals surface area contributed by atoms with Gasteiger partial charge in [-0.05, 0) is 41.3 Å². The van der Waals surface area contributed by atoms with Crippen LogP contribution in [0.2, 0.25) is 0 Å². The normalized spacial score (nSPS) is 11.3. The molecular formula is C20H16N2O2S2. The molecule has 26 heavy (non-hydrogen) atoms. The van der Waals surface area contributed by atoms with Crippen LogP contribution in [0.3, 0.4) is 0 Å². The number of ketones is 1. The quantitative estimate of drug-likeness (QED) is 0.220. The van der Waals surface area contributed by atoms with Crippen LogP contribution in [0.4, 0.5) is 0 Å². The first kappa shape index (κ1) is 17.0. The summed E-state index contributed by atoms with van der Waals surface area (Å²) in [5, 5.41) is 5.16. The zero-order valence-corrected chi connectivity index (χ0v) is 15.8. The Labute approximate surface area is 158 Å². The second kappa shape index (κ2) is 7.05.